The first-order valence-electron chi connectivity index (χ1n) is 8.63. The van der Waals surface area contributed by atoms with Gasteiger partial charge in [0.05, 0.1) is 11.6 Å². The monoisotopic (exact) mass is 435 g/mol. The minimum atomic E-state index is -1.04. The summed E-state index contributed by atoms with van der Waals surface area (Å²) in [5.41, 5.74) is -0.162. The van der Waals surface area contributed by atoms with Crippen LogP contribution in [0.4, 0.5) is 10.1 Å². The summed E-state index contributed by atoms with van der Waals surface area (Å²) in [6.45, 7) is 0. The Labute approximate surface area is 213 Å². The van der Waals surface area contributed by atoms with Crippen LogP contribution >= 0.6 is 0 Å². The minimum absolute atomic E-state index is 0. The third-order valence-corrected chi connectivity index (χ3v) is 4.27. The molecule has 0 bridgehead atoms. The molecule has 0 aliphatic carbocycles. The van der Waals surface area contributed by atoms with E-state index >= 15 is 0 Å². The molecule has 1 saturated heterocycles. The van der Waals surface area contributed by atoms with Crippen molar-refractivity contribution in [2.45, 2.75) is 18.9 Å². The van der Waals surface area contributed by atoms with E-state index in [9.17, 15) is 28.4 Å². The van der Waals surface area contributed by atoms with Crippen LogP contribution in [0.3, 0.4) is 0 Å². The molecular formula is C20H15FKN3O5. The molecule has 148 valence electrons. The molecular weight excluding hydrogens is 420 g/mol. The fourth-order valence-corrected chi connectivity index (χ4v) is 2.83. The maximum absolute atomic E-state index is 13.3. The number of piperidine rings is 1. The van der Waals surface area contributed by atoms with E-state index in [4.69, 9.17) is 0 Å². The van der Waals surface area contributed by atoms with Gasteiger partial charge in [-0.1, -0.05) is 18.2 Å². The summed E-state index contributed by atoms with van der Waals surface area (Å²) in [5.74, 6) is -3.22. The van der Waals surface area contributed by atoms with E-state index in [1.165, 1.54) is 36.4 Å². The zero-order valence-electron chi connectivity index (χ0n) is 16.0. The molecule has 1 heterocycles. The van der Waals surface area contributed by atoms with E-state index in [-0.39, 0.29) is 86.6 Å². The smallest absolute Gasteiger partial charge is 0.639 e. The first-order chi connectivity index (χ1) is 13.9. The van der Waals surface area contributed by atoms with Crippen molar-refractivity contribution >= 4 is 35.6 Å². The molecule has 0 aromatic heterocycles. The van der Waals surface area contributed by atoms with Crippen molar-refractivity contribution < 1.29 is 79.7 Å². The molecule has 3 rings (SSSR count). The fourth-order valence-electron chi connectivity index (χ4n) is 2.83. The number of carbonyl (C=O) groups excluding carboxylic acids is 5. The molecule has 2 N–H and O–H groups in total. The molecule has 1 aliphatic rings. The Morgan fingerprint density at radius 2 is 1.90 bits per heavy atom. The van der Waals surface area contributed by atoms with Gasteiger partial charge in [-0.15, -0.1) is 0 Å². The number of aldehydes is 1. The van der Waals surface area contributed by atoms with E-state index in [2.05, 4.69) is 16.0 Å². The second kappa shape index (κ2) is 10.7. The third kappa shape index (κ3) is 5.67. The largest absolute Gasteiger partial charge is 1.00 e. The number of hydrogen-bond donors (Lipinski definition) is 2. The summed E-state index contributed by atoms with van der Waals surface area (Å²) < 4.78 is 13.3. The van der Waals surface area contributed by atoms with Crippen molar-refractivity contribution in [3.05, 3.63) is 70.3 Å². The van der Waals surface area contributed by atoms with Crippen LogP contribution in [0, 0.1) is 5.82 Å². The number of nitrogens with zero attached hydrogens (tertiary/aromatic N) is 1. The van der Waals surface area contributed by atoms with Crippen LogP contribution < -0.4 is 62.0 Å². The van der Waals surface area contributed by atoms with Crippen LogP contribution in [0.5, 0.6) is 0 Å². The molecule has 4 amide bonds. The number of carbonyl (C=O) groups is 5. The molecule has 1 fully saturated rings. The predicted molar refractivity (Wildman–Crippen MR) is 100 cm³/mol. The Balaban J connectivity index is 0.00000320. The fraction of sp³-hybridized carbons (Fsp3) is 0.150. The molecule has 0 radical (unpaired) electrons. The quantitative estimate of drug-likeness (QED) is 0.362. The Kier molecular flexibility index (Phi) is 8.56. The summed E-state index contributed by atoms with van der Waals surface area (Å²) in [4.78, 5) is 59.4. The Hall–Kier alpha value is -2.24. The normalized spacial score (nSPS) is 15.4. The molecule has 10 heteroatoms. The van der Waals surface area contributed by atoms with Crippen molar-refractivity contribution in [2.24, 2.45) is 0 Å². The SMILES string of the molecule is O=Cc1c(NC(=O)c2cccc(F)c2)cccc1C(=O)[N-]C1CCC(=O)NC1=O.[K+]. The number of imide groups is 1. The molecule has 0 saturated carbocycles. The van der Waals surface area contributed by atoms with E-state index in [1.807, 2.05) is 0 Å². The van der Waals surface area contributed by atoms with Crippen LogP contribution in [-0.4, -0.2) is 36.0 Å². The second-order valence-corrected chi connectivity index (χ2v) is 6.25. The Morgan fingerprint density at radius 3 is 2.57 bits per heavy atom. The number of hydrogen-bond acceptors (Lipinski definition) is 5. The first kappa shape index (κ1) is 24.0. The minimum Gasteiger partial charge on any atom is -0.639 e. The number of anilines is 1. The predicted octanol–water partition coefficient (Wildman–Crippen LogP) is -0.786. The molecule has 8 nitrogen and oxygen atoms in total. The second-order valence-electron chi connectivity index (χ2n) is 6.25. The number of nitrogens with one attached hydrogen (secondary N) is 2. The summed E-state index contributed by atoms with van der Waals surface area (Å²) >= 11 is 0. The van der Waals surface area contributed by atoms with Gasteiger partial charge in [-0.05, 0) is 36.7 Å². The van der Waals surface area contributed by atoms with Gasteiger partial charge in [-0.2, -0.15) is 0 Å². The van der Waals surface area contributed by atoms with E-state index in [1.54, 1.807) is 0 Å². The van der Waals surface area contributed by atoms with Gasteiger partial charge < -0.3 is 15.4 Å². The van der Waals surface area contributed by atoms with Gasteiger partial charge >= 0.3 is 51.4 Å². The topological polar surface area (TPSA) is 124 Å². The molecule has 0 spiro atoms. The van der Waals surface area contributed by atoms with Gasteiger partial charge in [0.25, 0.3) is 5.91 Å². The van der Waals surface area contributed by atoms with Crippen LogP contribution in [-0.2, 0) is 9.59 Å². The standard InChI is InChI=1S/C20H16FN3O5.K/c21-12-4-1-3-11(9-12)18(27)22-15-6-2-5-13(14(15)10-25)19(28)23-16-7-8-17(26)24-20(16)29;/h1-6,9-10,16H,7-8H2,(H3,22,23,24,25,26,27,28,29);/q;+1/p-1. The number of benzene rings is 2. The van der Waals surface area contributed by atoms with Crippen LogP contribution in [0.2, 0.25) is 0 Å². The van der Waals surface area contributed by atoms with Crippen molar-refractivity contribution in [3.63, 3.8) is 0 Å². The molecule has 30 heavy (non-hydrogen) atoms. The third-order valence-electron chi connectivity index (χ3n) is 4.27. The maximum Gasteiger partial charge on any atom is 1.00 e. The van der Waals surface area contributed by atoms with E-state index < -0.39 is 35.5 Å². The van der Waals surface area contributed by atoms with Crippen molar-refractivity contribution in [1.29, 1.82) is 0 Å². The average molecular weight is 435 g/mol. The summed E-state index contributed by atoms with van der Waals surface area (Å²) in [5, 5.41) is 8.35. The van der Waals surface area contributed by atoms with Crippen LogP contribution in [0.1, 0.15) is 43.9 Å². The molecule has 1 atom stereocenters. The number of halogens is 1. The summed E-state index contributed by atoms with van der Waals surface area (Å²) in [6.07, 6.45) is 0.523. The van der Waals surface area contributed by atoms with Crippen LogP contribution in [0.15, 0.2) is 42.5 Å². The molecule has 1 aliphatic heterocycles. The van der Waals surface area contributed by atoms with Gasteiger partial charge in [0.15, 0.2) is 6.29 Å². The van der Waals surface area contributed by atoms with Crippen molar-refractivity contribution in [1.82, 2.24) is 5.32 Å². The molecule has 2 aromatic carbocycles. The molecule has 1 unspecified atom stereocenters. The van der Waals surface area contributed by atoms with Gasteiger partial charge in [0.1, 0.15) is 5.82 Å². The van der Waals surface area contributed by atoms with Gasteiger partial charge in [0.2, 0.25) is 11.8 Å². The zero-order valence-corrected chi connectivity index (χ0v) is 19.1. The van der Waals surface area contributed by atoms with Crippen LogP contribution in [0.25, 0.3) is 5.32 Å². The van der Waals surface area contributed by atoms with E-state index in [0.29, 0.717) is 6.29 Å². The summed E-state index contributed by atoms with van der Waals surface area (Å²) in [7, 11) is 0. The maximum atomic E-state index is 13.3. The van der Waals surface area contributed by atoms with Gasteiger partial charge in [0, 0.05) is 23.1 Å². The summed E-state index contributed by atoms with van der Waals surface area (Å²) in [6, 6.07) is 8.11. The van der Waals surface area contributed by atoms with Crippen molar-refractivity contribution in [2.75, 3.05) is 5.32 Å². The van der Waals surface area contributed by atoms with Gasteiger partial charge in [-0.25, -0.2) is 4.39 Å². The number of amides is 4. The first-order valence-corrected chi connectivity index (χ1v) is 8.63. The number of rotatable bonds is 5. The zero-order chi connectivity index (χ0) is 21.0. The Morgan fingerprint density at radius 1 is 1.17 bits per heavy atom. The average Bonchev–Trinajstić information content (AvgIpc) is 2.69. The van der Waals surface area contributed by atoms with Crippen molar-refractivity contribution in [3.8, 4) is 0 Å². The van der Waals surface area contributed by atoms with Gasteiger partial charge in [-0.3, -0.25) is 24.5 Å². The molecule has 2 aromatic rings. The Bertz CT molecular complexity index is 1030. The van der Waals surface area contributed by atoms with E-state index in [0.717, 1.165) is 6.07 Å².